The van der Waals surface area contributed by atoms with Crippen molar-refractivity contribution >= 4 is 16.8 Å². The highest BCUT2D eigenvalue weighted by Gasteiger charge is 2.33. The summed E-state index contributed by atoms with van der Waals surface area (Å²) in [5.41, 5.74) is 4.85. The maximum atomic E-state index is 13.6. The number of aromatic nitrogens is 1. The van der Waals surface area contributed by atoms with E-state index in [1.54, 1.807) is 18.3 Å². The summed E-state index contributed by atoms with van der Waals surface area (Å²) >= 11 is 0. The van der Waals surface area contributed by atoms with Gasteiger partial charge in [0.1, 0.15) is 5.75 Å². The molecule has 6 heteroatoms. The summed E-state index contributed by atoms with van der Waals surface area (Å²) in [7, 11) is 0. The molecule has 1 aromatic heterocycles. The van der Waals surface area contributed by atoms with Gasteiger partial charge < -0.3 is 19.9 Å². The Morgan fingerprint density at radius 1 is 1.06 bits per heavy atom. The molecule has 0 saturated carbocycles. The average Bonchev–Trinajstić information content (AvgIpc) is 2.81. The van der Waals surface area contributed by atoms with Gasteiger partial charge in [-0.15, -0.1) is 0 Å². The Kier molecular flexibility index (Phi) is 9.02. The fourth-order valence-electron chi connectivity index (χ4n) is 4.52. The largest absolute Gasteiger partial charge is 0.508 e. The van der Waals surface area contributed by atoms with Crippen LogP contribution in [0.5, 0.6) is 5.75 Å². The zero-order valence-corrected chi connectivity index (χ0v) is 20.8. The van der Waals surface area contributed by atoms with Gasteiger partial charge in [-0.25, -0.2) is 0 Å². The molecular formula is C28H36N2O4. The molecule has 182 valence electrons. The van der Waals surface area contributed by atoms with Crippen molar-refractivity contribution in [1.29, 1.82) is 0 Å². The van der Waals surface area contributed by atoms with Gasteiger partial charge in [-0.3, -0.25) is 9.78 Å². The van der Waals surface area contributed by atoms with E-state index in [4.69, 9.17) is 9.47 Å². The van der Waals surface area contributed by atoms with Crippen LogP contribution in [0.15, 0.2) is 48.7 Å². The van der Waals surface area contributed by atoms with E-state index in [0.29, 0.717) is 26.2 Å². The van der Waals surface area contributed by atoms with Gasteiger partial charge in [0.15, 0.2) is 6.29 Å². The SMILES string of the molecule is CCOC(OCC)[C@@H](C)C(Cc1c(C)cc(O)cc1C)C(=O)NCc1cccc2cccnc12. The summed E-state index contributed by atoms with van der Waals surface area (Å²) in [5, 5.41) is 14.2. The van der Waals surface area contributed by atoms with Crippen molar-refractivity contribution in [3.8, 4) is 5.75 Å². The number of carbonyl (C=O) groups excluding carboxylic acids is 1. The molecule has 3 aromatic rings. The van der Waals surface area contributed by atoms with Crippen LogP contribution in [0.4, 0.5) is 0 Å². The van der Waals surface area contributed by atoms with Crippen molar-refractivity contribution in [2.24, 2.45) is 11.8 Å². The first-order valence-corrected chi connectivity index (χ1v) is 12.0. The lowest BCUT2D eigenvalue weighted by Gasteiger charge is -2.31. The molecule has 0 aliphatic heterocycles. The van der Waals surface area contributed by atoms with E-state index in [1.807, 2.05) is 65.0 Å². The van der Waals surface area contributed by atoms with Gasteiger partial charge in [-0.05, 0) is 74.6 Å². The predicted molar refractivity (Wildman–Crippen MR) is 135 cm³/mol. The third kappa shape index (κ3) is 6.13. The second-order valence-electron chi connectivity index (χ2n) is 8.72. The normalized spacial score (nSPS) is 13.2. The molecule has 1 amide bonds. The molecule has 1 unspecified atom stereocenters. The van der Waals surface area contributed by atoms with Crippen LogP contribution in [0.1, 0.15) is 43.0 Å². The molecule has 2 aromatic carbocycles. The molecular weight excluding hydrogens is 428 g/mol. The lowest BCUT2D eigenvalue weighted by molar-refractivity contribution is -0.177. The Morgan fingerprint density at radius 2 is 1.71 bits per heavy atom. The van der Waals surface area contributed by atoms with E-state index < -0.39 is 6.29 Å². The van der Waals surface area contributed by atoms with Crippen LogP contribution in [0.2, 0.25) is 0 Å². The fraction of sp³-hybridized carbons (Fsp3) is 0.429. The molecule has 1 heterocycles. The quantitative estimate of drug-likeness (QED) is 0.387. The smallest absolute Gasteiger partial charge is 0.224 e. The molecule has 0 radical (unpaired) electrons. The first kappa shape index (κ1) is 25.7. The number of benzene rings is 2. The van der Waals surface area contributed by atoms with Gasteiger partial charge in [-0.1, -0.05) is 31.2 Å². The maximum absolute atomic E-state index is 13.6. The Balaban J connectivity index is 1.88. The van der Waals surface area contributed by atoms with Crippen molar-refractivity contribution in [2.75, 3.05) is 13.2 Å². The number of ether oxygens (including phenoxy) is 2. The number of amides is 1. The lowest BCUT2D eigenvalue weighted by Crippen LogP contribution is -2.41. The van der Waals surface area contributed by atoms with Crippen LogP contribution < -0.4 is 5.32 Å². The summed E-state index contributed by atoms with van der Waals surface area (Å²) in [6.45, 7) is 11.2. The third-order valence-electron chi connectivity index (χ3n) is 6.34. The number of fused-ring (bicyclic) bond motifs is 1. The van der Waals surface area contributed by atoms with E-state index in [-0.39, 0.29) is 23.5 Å². The number of aromatic hydroxyl groups is 1. The predicted octanol–water partition coefficient (Wildman–Crippen LogP) is 5.07. The van der Waals surface area contributed by atoms with Crippen molar-refractivity contribution in [1.82, 2.24) is 10.3 Å². The number of phenols is 1. The van der Waals surface area contributed by atoms with Gasteiger partial charge in [-0.2, -0.15) is 0 Å². The molecule has 2 atom stereocenters. The van der Waals surface area contributed by atoms with Crippen molar-refractivity contribution < 1.29 is 19.4 Å². The van der Waals surface area contributed by atoms with E-state index in [0.717, 1.165) is 33.2 Å². The summed E-state index contributed by atoms with van der Waals surface area (Å²) < 4.78 is 11.7. The molecule has 0 aliphatic carbocycles. The molecule has 34 heavy (non-hydrogen) atoms. The topological polar surface area (TPSA) is 80.7 Å². The Morgan fingerprint density at radius 3 is 2.35 bits per heavy atom. The van der Waals surface area contributed by atoms with Gasteiger partial charge in [0.05, 0.1) is 5.52 Å². The number of phenolic OH excluding ortho intramolecular Hbond substituents is 1. The van der Waals surface area contributed by atoms with E-state index in [1.165, 1.54) is 0 Å². The number of carbonyl (C=O) groups is 1. The number of hydrogen-bond donors (Lipinski definition) is 2. The minimum Gasteiger partial charge on any atom is -0.508 e. The van der Waals surface area contributed by atoms with Gasteiger partial charge in [0, 0.05) is 43.2 Å². The standard InChI is InChI=1S/C28H36N2O4/c1-6-33-28(34-7-2)20(5)25(16-24-18(3)14-23(31)15-19(24)4)27(32)30-17-22-11-8-10-21-12-9-13-29-26(21)22/h8-15,20,25,28,31H,6-7,16-17H2,1-5H3,(H,30,32)/t20-,25?/m0/s1. The maximum Gasteiger partial charge on any atom is 0.224 e. The first-order valence-electron chi connectivity index (χ1n) is 12.0. The van der Waals surface area contributed by atoms with E-state index in [9.17, 15) is 9.90 Å². The van der Waals surface area contributed by atoms with Crippen LogP contribution in [0.3, 0.4) is 0 Å². The van der Waals surface area contributed by atoms with Gasteiger partial charge in [0.25, 0.3) is 0 Å². The van der Waals surface area contributed by atoms with E-state index >= 15 is 0 Å². The number of aryl methyl sites for hydroxylation is 2. The Hall–Kier alpha value is -2.96. The number of para-hydroxylation sites is 1. The number of nitrogens with zero attached hydrogens (tertiary/aromatic N) is 1. The second-order valence-corrected chi connectivity index (χ2v) is 8.72. The number of rotatable bonds is 11. The molecule has 0 spiro atoms. The Labute approximate surface area is 202 Å². The highest BCUT2D eigenvalue weighted by Crippen LogP contribution is 2.29. The molecule has 0 aliphatic rings. The van der Waals surface area contributed by atoms with Crippen molar-refractivity contribution in [2.45, 2.75) is 53.9 Å². The molecule has 2 N–H and O–H groups in total. The van der Waals surface area contributed by atoms with Crippen LogP contribution in [-0.2, 0) is 27.2 Å². The summed E-state index contributed by atoms with van der Waals surface area (Å²) in [5.74, 6) is -0.388. The number of hydrogen-bond acceptors (Lipinski definition) is 5. The van der Waals surface area contributed by atoms with Gasteiger partial charge in [0.2, 0.25) is 5.91 Å². The molecule has 0 saturated heterocycles. The molecule has 0 bridgehead atoms. The third-order valence-corrected chi connectivity index (χ3v) is 6.34. The summed E-state index contributed by atoms with van der Waals surface area (Å²) in [6, 6.07) is 13.4. The van der Waals surface area contributed by atoms with Crippen molar-refractivity contribution in [3.05, 3.63) is 70.9 Å². The van der Waals surface area contributed by atoms with Gasteiger partial charge >= 0.3 is 0 Å². The van der Waals surface area contributed by atoms with E-state index in [2.05, 4.69) is 10.3 Å². The zero-order chi connectivity index (χ0) is 24.7. The molecule has 0 fully saturated rings. The lowest BCUT2D eigenvalue weighted by atomic mass is 9.83. The van der Waals surface area contributed by atoms with Crippen LogP contribution in [0, 0.1) is 25.7 Å². The zero-order valence-electron chi connectivity index (χ0n) is 20.8. The van der Waals surface area contributed by atoms with Crippen LogP contribution in [-0.4, -0.2) is 35.5 Å². The summed E-state index contributed by atoms with van der Waals surface area (Å²) in [6.07, 6.45) is 1.81. The minimum absolute atomic E-state index is 0.0586. The fourth-order valence-corrected chi connectivity index (χ4v) is 4.52. The highest BCUT2D eigenvalue weighted by molar-refractivity contribution is 5.83. The summed E-state index contributed by atoms with van der Waals surface area (Å²) in [4.78, 5) is 18.1. The number of nitrogens with one attached hydrogen (secondary N) is 1. The first-order chi connectivity index (χ1) is 16.3. The van der Waals surface area contributed by atoms with Crippen LogP contribution >= 0.6 is 0 Å². The molecule has 6 nitrogen and oxygen atoms in total. The monoisotopic (exact) mass is 464 g/mol. The molecule has 3 rings (SSSR count). The van der Waals surface area contributed by atoms with Crippen molar-refractivity contribution in [3.63, 3.8) is 0 Å². The Bertz CT molecular complexity index is 1080. The highest BCUT2D eigenvalue weighted by atomic mass is 16.7. The average molecular weight is 465 g/mol. The second kappa shape index (κ2) is 12.0. The van der Waals surface area contributed by atoms with Crippen LogP contribution in [0.25, 0.3) is 10.9 Å². The number of pyridine rings is 1. The minimum atomic E-state index is -0.484.